The number of nitrogens with zero attached hydrogens (tertiary/aromatic N) is 1. The summed E-state index contributed by atoms with van der Waals surface area (Å²) in [6.07, 6.45) is 1.11. The van der Waals surface area contributed by atoms with E-state index in [-0.39, 0.29) is 24.4 Å². The number of carboxylic acid groups (broad SMARTS) is 1. The van der Waals surface area contributed by atoms with Crippen LogP contribution in [0, 0.1) is 24.4 Å². The Morgan fingerprint density at radius 3 is 2.39 bits per heavy atom. The van der Waals surface area contributed by atoms with Gasteiger partial charge >= 0.3 is 5.97 Å². The van der Waals surface area contributed by atoms with Crippen molar-refractivity contribution in [2.24, 2.45) is 0 Å². The van der Waals surface area contributed by atoms with Crippen molar-refractivity contribution in [1.82, 2.24) is 4.57 Å². The third kappa shape index (κ3) is 5.72. The summed E-state index contributed by atoms with van der Waals surface area (Å²) in [5.41, 5.74) is 2.43. The third-order valence-electron chi connectivity index (χ3n) is 5.93. The van der Waals surface area contributed by atoms with Crippen LogP contribution in [0.2, 0.25) is 0 Å². The number of benzene rings is 2. The summed E-state index contributed by atoms with van der Waals surface area (Å²) in [5.74, 6) is -3.96. The normalized spacial score (nSPS) is 11.0. The number of halogens is 3. The zero-order chi connectivity index (χ0) is 26.6. The van der Waals surface area contributed by atoms with Gasteiger partial charge in [-0.3, -0.25) is 4.79 Å². The van der Waals surface area contributed by atoms with Gasteiger partial charge < -0.3 is 19.7 Å². The molecule has 0 radical (unpaired) electrons. The number of ether oxygens (including phenoxy) is 1. The number of aromatic carboxylic acids is 1. The van der Waals surface area contributed by atoms with E-state index in [2.05, 4.69) is 5.32 Å². The van der Waals surface area contributed by atoms with Gasteiger partial charge in [-0.05, 0) is 37.5 Å². The van der Waals surface area contributed by atoms with Gasteiger partial charge in [0.05, 0.1) is 24.4 Å². The summed E-state index contributed by atoms with van der Waals surface area (Å²) >= 11 is 0. The molecule has 0 bridgehead atoms. The maximum atomic E-state index is 14.4. The van der Waals surface area contributed by atoms with Crippen LogP contribution in [0.4, 0.5) is 18.9 Å². The van der Waals surface area contributed by atoms with Crippen LogP contribution in [-0.4, -0.2) is 28.2 Å². The molecule has 6 nitrogen and oxygen atoms in total. The number of anilines is 1. The standard InChI is InChI=1S/C27H29F3N2O4/c1-5-9-36-24-13-19(28)8-7-17(24)14-32-15(3)21(26(23(32)6-2)31-16(4)33)11-18-10-20(29)12-22(30)25(18)27(34)35/h7-8,10,12-13H,5-6,9,11,14H2,1-4H3,(H,31,33)(H,34,35). The monoisotopic (exact) mass is 502 g/mol. The van der Waals surface area contributed by atoms with Gasteiger partial charge in [-0.1, -0.05) is 19.9 Å². The predicted molar refractivity (Wildman–Crippen MR) is 130 cm³/mol. The van der Waals surface area contributed by atoms with Gasteiger partial charge in [-0.15, -0.1) is 0 Å². The van der Waals surface area contributed by atoms with Crippen LogP contribution in [0.1, 0.15) is 65.6 Å². The van der Waals surface area contributed by atoms with Crippen molar-refractivity contribution in [3.63, 3.8) is 0 Å². The molecular weight excluding hydrogens is 473 g/mol. The highest BCUT2D eigenvalue weighted by Crippen LogP contribution is 2.34. The van der Waals surface area contributed by atoms with E-state index in [9.17, 15) is 27.9 Å². The highest BCUT2D eigenvalue weighted by molar-refractivity contribution is 5.92. The van der Waals surface area contributed by atoms with E-state index in [1.165, 1.54) is 19.1 Å². The number of nitrogens with one attached hydrogen (secondary N) is 1. The van der Waals surface area contributed by atoms with Gasteiger partial charge in [-0.25, -0.2) is 18.0 Å². The van der Waals surface area contributed by atoms with Crippen LogP contribution >= 0.6 is 0 Å². The average Bonchev–Trinajstić information content (AvgIpc) is 3.02. The van der Waals surface area contributed by atoms with Crippen LogP contribution in [0.5, 0.6) is 5.75 Å². The molecule has 3 aromatic rings. The number of rotatable bonds is 10. The van der Waals surface area contributed by atoms with Crippen molar-refractivity contribution in [3.8, 4) is 5.75 Å². The second kappa shape index (κ2) is 11.3. The molecule has 0 saturated carbocycles. The highest BCUT2D eigenvalue weighted by atomic mass is 19.1. The first-order valence-electron chi connectivity index (χ1n) is 11.7. The first-order valence-corrected chi connectivity index (χ1v) is 11.7. The van der Waals surface area contributed by atoms with Crippen LogP contribution in [0.25, 0.3) is 0 Å². The number of aromatic nitrogens is 1. The largest absolute Gasteiger partial charge is 0.493 e. The van der Waals surface area contributed by atoms with Gasteiger partial charge in [-0.2, -0.15) is 0 Å². The van der Waals surface area contributed by atoms with E-state index in [0.717, 1.165) is 18.2 Å². The Morgan fingerprint density at radius 2 is 1.78 bits per heavy atom. The Kier molecular flexibility index (Phi) is 8.45. The lowest BCUT2D eigenvalue weighted by Gasteiger charge is -2.16. The van der Waals surface area contributed by atoms with Crippen LogP contribution < -0.4 is 10.1 Å². The second-order valence-electron chi connectivity index (χ2n) is 8.51. The number of hydrogen-bond donors (Lipinski definition) is 2. The molecule has 1 aromatic heterocycles. The molecule has 0 fully saturated rings. The van der Waals surface area contributed by atoms with Crippen LogP contribution in [0.15, 0.2) is 30.3 Å². The van der Waals surface area contributed by atoms with E-state index in [0.29, 0.717) is 47.4 Å². The molecule has 0 saturated heterocycles. The molecule has 2 aromatic carbocycles. The maximum Gasteiger partial charge on any atom is 0.338 e. The first-order chi connectivity index (χ1) is 17.1. The summed E-state index contributed by atoms with van der Waals surface area (Å²) in [4.78, 5) is 23.8. The molecule has 2 N–H and O–H groups in total. The van der Waals surface area contributed by atoms with Crippen LogP contribution in [-0.2, 0) is 24.2 Å². The number of carbonyl (C=O) groups excluding carboxylic acids is 1. The average molecular weight is 503 g/mol. The molecule has 9 heteroatoms. The van der Waals surface area contributed by atoms with Crippen molar-refractivity contribution >= 4 is 17.6 Å². The maximum absolute atomic E-state index is 14.4. The van der Waals surface area contributed by atoms with Crippen molar-refractivity contribution in [2.75, 3.05) is 11.9 Å². The van der Waals surface area contributed by atoms with Crippen molar-refractivity contribution in [1.29, 1.82) is 0 Å². The van der Waals surface area contributed by atoms with E-state index < -0.39 is 29.0 Å². The molecule has 1 amide bonds. The fourth-order valence-electron chi connectivity index (χ4n) is 4.35. The number of carbonyl (C=O) groups is 2. The number of amides is 1. The number of hydrogen-bond acceptors (Lipinski definition) is 3. The Hall–Kier alpha value is -3.75. The lowest BCUT2D eigenvalue weighted by molar-refractivity contribution is -0.114. The lowest BCUT2D eigenvalue weighted by Crippen LogP contribution is -2.12. The van der Waals surface area contributed by atoms with Crippen LogP contribution in [0.3, 0.4) is 0 Å². The third-order valence-corrected chi connectivity index (χ3v) is 5.93. The Balaban J connectivity index is 2.18. The quantitative estimate of drug-likeness (QED) is 0.364. The minimum atomic E-state index is -1.51. The minimum Gasteiger partial charge on any atom is -0.493 e. The summed E-state index contributed by atoms with van der Waals surface area (Å²) in [6, 6.07) is 5.80. The van der Waals surface area contributed by atoms with Gasteiger partial charge in [0.1, 0.15) is 23.2 Å². The zero-order valence-electron chi connectivity index (χ0n) is 20.7. The Morgan fingerprint density at radius 1 is 1.06 bits per heavy atom. The molecule has 0 spiro atoms. The molecule has 192 valence electrons. The van der Waals surface area contributed by atoms with Crippen molar-refractivity contribution in [3.05, 3.63) is 81.4 Å². The molecule has 0 aliphatic heterocycles. The van der Waals surface area contributed by atoms with E-state index in [1.54, 1.807) is 13.0 Å². The molecular formula is C27H29F3N2O4. The Labute approximate surface area is 207 Å². The summed E-state index contributed by atoms with van der Waals surface area (Å²) in [7, 11) is 0. The fraction of sp³-hybridized carbons (Fsp3) is 0.333. The van der Waals surface area contributed by atoms with Gasteiger partial charge in [0.15, 0.2) is 0 Å². The van der Waals surface area contributed by atoms with E-state index in [1.807, 2.05) is 18.4 Å². The fourth-order valence-corrected chi connectivity index (χ4v) is 4.35. The van der Waals surface area contributed by atoms with E-state index >= 15 is 0 Å². The first kappa shape index (κ1) is 26.8. The molecule has 1 heterocycles. The zero-order valence-corrected chi connectivity index (χ0v) is 20.7. The Bertz CT molecular complexity index is 1300. The lowest BCUT2D eigenvalue weighted by atomic mass is 9.97. The van der Waals surface area contributed by atoms with Gasteiger partial charge in [0.25, 0.3) is 0 Å². The highest BCUT2D eigenvalue weighted by Gasteiger charge is 2.25. The summed E-state index contributed by atoms with van der Waals surface area (Å²) < 4.78 is 50.0. The van der Waals surface area contributed by atoms with Gasteiger partial charge in [0, 0.05) is 48.0 Å². The molecule has 0 aliphatic rings. The molecule has 0 unspecified atom stereocenters. The predicted octanol–water partition coefficient (Wildman–Crippen LogP) is 5.86. The molecule has 36 heavy (non-hydrogen) atoms. The molecule has 0 atom stereocenters. The van der Waals surface area contributed by atoms with Crippen molar-refractivity contribution < 1.29 is 32.6 Å². The second-order valence-corrected chi connectivity index (χ2v) is 8.51. The van der Waals surface area contributed by atoms with Crippen molar-refractivity contribution in [2.45, 2.75) is 53.5 Å². The molecule has 3 rings (SSSR count). The summed E-state index contributed by atoms with van der Waals surface area (Å²) in [5, 5.41) is 12.4. The topological polar surface area (TPSA) is 80.6 Å². The smallest absolute Gasteiger partial charge is 0.338 e. The summed E-state index contributed by atoms with van der Waals surface area (Å²) in [6.45, 7) is 7.65. The van der Waals surface area contributed by atoms with Gasteiger partial charge in [0.2, 0.25) is 5.91 Å². The molecule has 0 aliphatic carbocycles. The number of carboxylic acids is 1. The minimum absolute atomic E-state index is 0.0525. The van der Waals surface area contributed by atoms with E-state index in [4.69, 9.17) is 4.74 Å². The SMILES string of the molecule is CCCOc1cc(F)ccc1Cn1c(C)c(Cc2cc(F)cc(F)c2C(=O)O)c(NC(C)=O)c1CC.